The predicted molar refractivity (Wildman–Crippen MR) is 146 cm³/mol. The van der Waals surface area contributed by atoms with E-state index >= 15 is 0 Å². The van der Waals surface area contributed by atoms with Crippen LogP contribution in [0.25, 0.3) is 10.9 Å². The Morgan fingerprint density at radius 2 is 1.95 bits per heavy atom. The van der Waals surface area contributed by atoms with Crippen molar-refractivity contribution in [2.75, 3.05) is 0 Å². The van der Waals surface area contributed by atoms with E-state index < -0.39 is 10.9 Å². The Morgan fingerprint density at radius 1 is 1.21 bits per heavy atom. The Balaban J connectivity index is 1.74. The molecule has 0 radical (unpaired) electrons. The molecule has 3 aromatic carbocycles. The second-order valence-corrected chi connectivity index (χ2v) is 9.49. The van der Waals surface area contributed by atoms with Gasteiger partial charge in [0.15, 0.2) is 0 Å². The van der Waals surface area contributed by atoms with Crippen LogP contribution < -0.4 is 10.3 Å². The summed E-state index contributed by atoms with van der Waals surface area (Å²) < 4.78 is 7.83. The average molecular weight is 579 g/mol. The molecule has 0 saturated heterocycles. The number of ether oxygens (including phenoxy) is 1. The number of nitro benzene ring substituents is 1. The van der Waals surface area contributed by atoms with E-state index in [0.717, 1.165) is 10.9 Å². The van der Waals surface area contributed by atoms with Crippen LogP contribution in [0.3, 0.4) is 0 Å². The van der Waals surface area contributed by atoms with Gasteiger partial charge in [-0.25, -0.2) is 9.78 Å². The maximum Gasteiger partial charge on any atom is 0.335 e. The van der Waals surface area contributed by atoms with Gasteiger partial charge in [-0.15, -0.1) is 0 Å². The van der Waals surface area contributed by atoms with E-state index in [4.69, 9.17) is 9.84 Å². The lowest BCUT2D eigenvalue weighted by molar-refractivity contribution is -0.384. The first-order chi connectivity index (χ1) is 18.2. The van der Waals surface area contributed by atoms with E-state index in [-0.39, 0.29) is 34.9 Å². The Hall–Kier alpha value is -4.38. The van der Waals surface area contributed by atoms with Crippen molar-refractivity contribution in [3.8, 4) is 5.75 Å². The Kier molecular flexibility index (Phi) is 7.96. The molecule has 0 spiro atoms. The molecule has 0 fully saturated rings. The number of benzene rings is 3. The highest BCUT2D eigenvalue weighted by molar-refractivity contribution is 9.10. The molecule has 0 amide bonds. The maximum atomic E-state index is 13.4. The molecule has 11 heteroatoms. The lowest BCUT2D eigenvalue weighted by Crippen LogP contribution is -2.23. The number of non-ortho nitro benzene ring substituents is 1. The van der Waals surface area contributed by atoms with Gasteiger partial charge in [-0.05, 0) is 48.4 Å². The second kappa shape index (κ2) is 11.3. The number of aromatic carboxylic acids is 1. The minimum atomic E-state index is -1.03. The van der Waals surface area contributed by atoms with Gasteiger partial charge in [0.2, 0.25) is 0 Å². The molecule has 0 bridgehead atoms. The van der Waals surface area contributed by atoms with Crippen LogP contribution in [0.1, 0.15) is 53.5 Å². The summed E-state index contributed by atoms with van der Waals surface area (Å²) in [4.78, 5) is 40.0. The zero-order valence-electron chi connectivity index (χ0n) is 20.5. The van der Waals surface area contributed by atoms with Gasteiger partial charge in [0, 0.05) is 28.1 Å². The fraction of sp³-hybridized carbons (Fsp3) is 0.185. The number of hydrogen-bond donors (Lipinski definition) is 1. The van der Waals surface area contributed by atoms with Crippen LogP contribution in [0.15, 0.2) is 75.0 Å². The largest absolute Gasteiger partial charge is 0.488 e. The number of rotatable bonds is 9. The molecular formula is C27H23BrN4O6. The lowest BCUT2D eigenvalue weighted by atomic mass is 10.1. The number of nitrogens with zero attached hydrogens (tertiary/aromatic N) is 4. The molecule has 4 aromatic rings. The zero-order valence-corrected chi connectivity index (χ0v) is 22.1. The summed E-state index contributed by atoms with van der Waals surface area (Å²) in [5, 5.41) is 25.3. The molecule has 0 aliphatic rings. The summed E-state index contributed by atoms with van der Waals surface area (Å²) in [5.41, 5.74) is 1.16. The normalized spacial score (nSPS) is 12.1. The van der Waals surface area contributed by atoms with Crippen LogP contribution in [-0.2, 0) is 6.61 Å². The Bertz CT molecular complexity index is 1610. The molecule has 0 unspecified atom stereocenters. The molecule has 0 saturated carbocycles. The predicted octanol–water partition coefficient (Wildman–Crippen LogP) is 5.74. The van der Waals surface area contributed by atoms with Crippen LogP contribution in [0, 0.1) is 10.1 Å². The molecular weight excluding hydrogens is 556 g/mol. The van der Waals surface area contributed by atoms with E-state index in [1.165, 1.54) is 41.2 Å². The number of carboxylic acids is 1. The maximum absolute atomic E-state index is 13.4. The van der Waals surface area contributed by atoms with Crippen molar-refractivity contribution in [1.29, 1.82) is 0 Å². The van der Waals surface area contributed by atoms with Gasteiger partial charge in [-0.3, -0.25) is 14.9 Å². The van der Waals surface area contributed by atoms with E-state index in [1.807, 2.05) is 19.9 Å². The van der Waals surface area contributed by atoms with E-state index in [1.54, 1.807) is 24.3 Å². The highest BCUT2D eigenvalue weighted by atomic mass is 79.9. The fourth-order valence-corrected chi connectivity index (χ4v) is 4.05. The van der Waals surface area contributed by atoms with Crippen molar-refractivity contribution >= 4 is 44.7 Å². The number of aromatic nitrogens is 2. The standard InChI is InChI=1S/C27H23BrN4O6/c1-3-16(2)25-30-23-10-8-20(28)13-22(23)26(33)31(25)29-14-19-12-21(32(36)37)9-11-24(19)38-15-17-4-6-18(7-5-17)27(34)35/h4-14,16H,3,15H2,1-2H3,(H,34,35)/t16-/m0/s1. The number of carbonyl (C=O) groups is 1. The minimum Gasteiger partial charge on any atom is -0.488 e. The van der Waals surface area contributed by atoms with Crippen molar-refractivity contribution in [3.63, 3.8) is 0 Å². The van der Waals surface area contributed by atoms with Crippen LogP contribution in [0.2, 0.25) is 0 Å². The van der Waals surface area contributed by atoms with Gasteiger partial charge in [0.25, 0.3) is 11.2 Å². The van der Waals surface area contributed by atoms with Gasteiger partial charge in [0.1, 0.15) is 18.2 Å². The number of hydrogen-bond acceptors (Lipinski definition) is 7. The SMILES string of the molecule is CC[C@H](C)c1nc2ccc(Br)cc2c(=O)n1N=Cc1cc([N+](=O)[O-])ccc1OCc1ccc(C(=O)O)cc1. The van der Waals surface area contributed by atoms with Crippen LogP contribution in [0.5, 0.6) is 5.75 Å². The summed E-state index contributed by atoms with van der Waals surface area (Å²) in [7, 11) is 0. The van der Waals surface area contributed by atoms with Gasteiger partial charge >= 0.3 is 5.97 Å². The number of halogens is 1. The third-order valence-corrected chi connectivity index (χ3v) is 6.49. The third kappa shape index (κ3) is 5.78. The van der Waals surface area contributed by atoms with Crippen molar-refractivity contribution in [3.05, 3.63) is 108 Å². The Morgan fingerprint density at radius 3 is 2.61 bits per heavy atom. The second-order valence-electron chi connectivity index (χ2n) is 8.57. The Labute approximate surface area is 225 Å². The first-order valence-electron chi connectivity index (χ1n) is 11.7. The monoisotopic (exact) mass is 578 g/mol. The first-order valence-corrected chi connectivity index (χ1v) is 12.5. The summed E-state index contributed by atoms with van der Waals surface area (Å²) in [5.74, 6) is -0.345. The van der Waals surface area contributed by atoms with Gasteiger partial charge in [0.05, 0.1) is 27.6 Å². The smallest absolute Gasteiger partial charge is 0.335 e. The van der Waals surface area contributed by atoms with E-state index in [9.17, 15) is 19.7 Å². The van der Waals surface area contributed by atoms with Gasteiger partial charge in [-0.1, -0.05) is 41.9 Å². The molecule has 0 aliphatic heterocycles. The fourth-order valence-electron chi connectivity index (χ4n) is 3.69. The molecule has 4 rings (SSSR count). The third-order valence-electron chi connectivity index (χ3n) is 6.00. The molecule has 1 heterocycles. The number of carboxylic acid groups (broad SMARTS) is 1. The first kappa shape index (κ1) is 26.7. The quantitative estimate of drug-likeness (QED) is 0.152. The van der Waals surface area contributed by atoms with Crippen molar-refractivity contribution < 1.29 is 19.6 Å². The molecule has 1 aromatic heterocycles. The summed E-state index contributed by atoms with van der Waals surface area (Å²) in [6.07, 6.45) is 2.06. The highest BCUT2D eigenvalue weighted by Gasteiger charge is 2.17. The zero-order chi connectivity index (χ0) is 27.4. The van der Waals surface area contributed by atoms with E-state index in [2.05, 4.69) is 26.0 Å². The molecule has 0 aliphatic carbocycles. The average Bonchev–Trinajstić information content (AvgIpc) is 2.91. The van der Waals surface area contributed by atoms with Gasteiger partial charge < -0.3 is 9.84 Å². The van der Waals surface area contributed by atoms with Crippen LogP contribution in [-0.4, -0.2) is 31.9 Å². The van der Waals surface area contributed by atoms with E-state index in [0.29, 0.717) is 28.0 Å². The number of nitro groups is 1. The number of fused-ring (bicyclic) bond motifs is 1. The van der Waals surface area contributed by atoms with Crippen LogP contribution in [0.4, 0.5) is 5.69 Å². The van der Waals surface area contributed by atoms with Crippen molar-refractivity contribution in [2.45, 2.75) is 32.8 Å². The van der Waals surface area contributed by atoms with Crippen molar-refractivity contribution in [1.82, 2.24) is 9.66 Å². The lowest BCUT2D eigenvalue weighted by Gasteiger charge is -2.14. The summed E-state index contributed by atoms with van der Waals surface area (Å²) in [6.45, 7) is 4.00. The molecule has 1 atom stereocenters. The molecule has 1 N–H and O–H groups in total. The molecule has 10 nitrogen and oxygen atoms in total. The highest BCUT2D eigenvalue weighted by Crippen LogP contribution is 2.25. The van der Waals surface area contributed by atoms with Gasteiger partial charge in [-0.2, -0.15) is 9.78 Å². The summed E-state index contributed by atoms with van der Waals surface area (Å²) in [6, 6.07) is 15.5. The molecule has 38 heavy (non-hydrogen) atoms. The summed E-state index contributed by atoms with van der Waals surface area (Å²) >= 11 is 3.38. The molecule has 194 valence electrons. The van der Waals surface area contributed by atoms with Crippen LogP contribution >= 0.6 is 15.9 Å². The topological polar surface area (TPSA) is 137 Å². The minimum absolute atomic E-state index is 0.0810. The van der Waals surface area contributed by atoms with Crippen molar-refractivity contribution in [2.24, 2.45) is 5.10 Å².